The van der Waals surface area contributed by atoms with Crippen LogP contribution < -0.4 is 4.90 Å². The molecule has 3 heterocycles. The van der Waals surface area contributed by atoms with Crippen molar-refractivity contribution in [2.24, 2.45) is 5.92 Å². The third kappa shape index (κ3) is 2.76. The van der Waals surface area contributed by atoms with Crippen LogP contribution in [0.1, 0.15) is 43.1 Å². The minimum atomic E-state index is 0.0553. The van der Waals surface area contributed by atoms with Crippen molar-refractivity contribution in [3.05, 3.63) is 18.0 Å². The number of hydrogen-bond acceptors (Lipinski definition) is 4. The van der Waals surface area contributed by atoms with E-state index in [4.69, 9.17) is 0 Å². The molecule has 0 aromatic carbocycles. The molecule has 0 N–H and O–H groups in total. The molecule has 108 valence electrons. The van der Waals surface area contributed by atoms with E-state index in [1.54, 1.807) is 12.3 Å². The predicted octanol–water partition coefficient (Wildman–Crippen LogP) is 1.95. The highest BCUT2D eigenvalue weighted by Gasteiger charge is 2.23. The molecule has 5 heteroatoms. The molecule has 2 fully saturated rings. The first-order valence-corrected chi connectivity index (χ1v) is 7.61. The SMILES string of the molecule is CC1CCN(C(=O)c2ccnc(N3CCCC3)n2)CC1. The summed E-state index contributed by atoms with van der Waals surface area (Å²) in [5.41, 5.74) is 0.538. The highest BCUT2D eigenvalue weighted by molar-refractivity contribution is 5.92. The number of rotatable bonds is 2. The van der Waals surface area contributed by atoms with Crippen molar-refractivity contribution in [1.82, 2.24) is 14.9 Å². The van der Waals surface area contributed by atoms with Crippen LogP contribution in [0, 0.1) is 5.92 Å². The average Bonchev–Trinajstić information content (AvgIpc) is 3.02. The fraction of sp³-hybridized carbons (Fsp3) is 0.667. The summed E-state index contributed by atoms with van der Waals surface area (Å²) in [5, 5.41) is 0. The Bertz CT molecular complexity index is 477. The molecule has 1 aromatic rings. The quantitative estimate of drug-likeness (QED) is 0.827. The molecule has 2 aliphatic heterocycles. The number of anilines is 1. The molecule has 0 bridgehead atoms. The van der Waals surface area contributed by atoms with Crippen molar-refractivity contribution in [3.63, 3.8) is 0 Å². The van der Waals surface area contributed by atoms with Crippen LogP contribution >= 0.6 is 0 Å². The van der Waals surface area contributed by atoms with Crippen molar-refractivity contribution in [2.75, 3.05) is 31.1 Å². The topological polar surface area (TPSA) is 49.3 Å². The van der Waals surface area contributed by atoms with E-state index in [2.05, 4.69) is 21.8 Å². The van der Waals surface area contributed by atoms with E-state index in [-0.39, 0.29) is 5.91 Å². The van der Waals surface area contributed by atoms with Crippen LogP contribution in [0.2, 0.25) is 0 Å². The van der Waals surface area contributed by atoms with Crippen molar-refractivity contribution in [2.45, 2.75) is 32.6 Å². The fourth-order valence-electron chi connectivity index (χ4n) is 2.91. The lowest BCUT2D eigenvalue weighted by Gasteiger charge is -2.30. The van der Waals surface area contributed by atoms with Crippen LogP contribution in [-0.4, -0.2) is 47.0 Å². The maximum Gasteiger partial charge on any atom is 0.272 e. The number of aromatic nitrogens is 2. The molecule has 2 aliphatic rings. The van der Waals surface area contributed by atoms with Crippen molar-refractivity contribution >= 4 is 11.9 Å². The zero-order valence-electron chi connectivity index (χ0n) is 12.1. The van der Waals surface area contributed by atoms with Gasteiger partial charge in [-0.25, -0.2) is 9.97 Å². The lowest BCUT2D eigenvalue weighted by atomic mass is 9.99. The summed E-state index contributed by atoms with van der Waals surface area (Å²) in [4.78, 5) is 25.4. The lowest BCUT2D eigenvalue weighted by molar-refractivity contribution is 0.0691. The van der Waals surface area contributed by atoms with E-state index in [0.717, 1.165) is 44.9 Å². The van der Waals surface area contributed by atoms with Gasteiger partial charge in [0.2, 0.25) is 5.95 Å². The first-order chi connectivity index (χ1) is 9.74. The number of carbonyl (C=O) groups is 1. The highest BCUT2D eigenvalue weighted by atomic mass is 16.2. The smallest absolute Gasteiger partial charge is 0.272 e. The number of amides is 1. The van der Waals surface area contributed by atoms with Gasteiger partial charge in [0.25, 0.3) is 5.91 Å². The highest BCUT2D eigenvalue weighted by Crippen LogP contribution is 2.19. The molecule has 1 aromatic heterocycles. The molecular formula is C15H22N4O. The van der Waals surface area contributed by atoms with Gasteiger partial charge in [0.1, 0.15) is 5.69 Å². The van der Waals surface area contributed by atoms with Crippen LogP contribution in [-0.2, 0) is 0 Å². The van der Waals surface area contributed by atoms with Crippen LogP contribution in [0.3, 0.4) is 0 Å². The van der Waals surface area contributed by atoms with Crippen LogP contribution in [0.25, 0.3) is 0 Å². The second-order valence-electron chi connectivity index (χ2n) is 5.91. The first kappa shape index (κ1) is 13.3. The van der Waals surface area contributed by atoms with Gasteiger partial charge in [-0.05, 0) is 37.7 Å². The van der Waals surface area contributed by atoms with Crippen molar-refractivity contribution in [3.8, 4) is 0 Å². The first-order valence-electron chi connectivity index (χ1n) is 7.61. The summed E-state index contributed by atoms with van der Waals surface area (Å²) in [5.74, 6) is 1.49. The summed E-state index contributed by atoms with van der Waals surface area (Å²) in [6, 6.07) is 1.74. The molecule has 0 radical (unpaired) electrons. The van der Waals surface area contributed by atoms with Gasteiger partial charge in [0.15, 0.2) is 0 Å². The standard InChI is InChI=1S/C15H22N4O/c1-12-5-10-18(11-6-12)14(20)13-4-7-16-15(17-13)19-8-2-3-9-19/h4,7,12H,2-3,5-6,8-11H2,1H3. The predicted molar refractivity (Wildman–Crippen MR) is 77.8 cm³/mol. The van der Waals surface area contributed by atoms with Crippen LogP contribution in [0.5, 0.6) is 0 Å². The Morgan fingerprint density at radius 3 is 2.60 bits per heavy atom. The molecule has 3 rings (SSSR count). The van der Waals surface area contributed by atoms with Crippen LogP contribution in [0.15, 0.2) is 12.3 Å². The van der Waals surface area contributed by atoms with Gasteiger partial charge in [-0.2, -0.15) is 0 Å². The Morgan fingerprint density at radius 1 is 1.20 bits per heavy atom. The van der Waals surface area contributed by atoms with Crippen molar-refractivity contribution < 1.29 is 4.79 Å². The van der Waals surface area contributed by atoms with Gasteiger partial charge < -0.3 is 9.80 Å². The summed E-state index contributed by atoms with van der Waals surface area (Å²) in [7, 11) is 0. The van der Waals surface area contributed by atoms with Crippen molar-refractivity contribution in [1.29, 1.82) is 0 Å². The Morgan fingerprint density at radius 2 is 1.90 bits per heavy atom. The Labute approximate surface area is 120 Å². The number of likely N-dealkylation sites (tertiary alicyclic amines) is 1. The number of piperidine rings is 1. The molecule has 2 saturated heterocycles. The van der Waals surface area contributed by atoms with Gasteiger partial charge in [-0.1, -0.05) is 6.92 Å². The number of hydrogen-bond donors (Lipinski definition) is 0. The second kappa shape index (κ2) is 5.77. The molecule has 1 amide bonds. The van der Waals surface area contributed by atoms with E-state index in [1.165, 1.54) is 12.8 Å². The summed E-state index contributed by atoms with van der Waals surface area (Å²) in [6.07, 6.45) is 6.27. The maximum atomic E-state index is 12.5. The lowest BCUT2D eigenvalue weighted by Crippen LogP contribution is -2.38. The number of nitrogens with zero attached hydrogens (tertiary/aromatic N) is 4. The minimum Gasteiger partial charge on any atom is -0.341 e. The van der Waals surface area contributed by atoms with E-state index in [0.29, 0.717) is 11.6 Å². The number of carbonyl (C=O) groups excluding carboxylic acids is 1. The summed E-state index contributed by atoms with van der Waals surface area (Å²) >= 11 is 0. The van der Waals surface area contributed by atoms with E-state index in [9.17, 15) is 4.79 Å². The van der Waals surface area contributed by atoms with E-state index >= 15 is 0 Å². The van der Waals surface area contributed by atoms with E-state index in [1.807, 2.05) is 4.90 Å². The summed E-state index contributed by atoms with van der Waals surface area (Å²) < 4.78 is 0. The Kier molecular flexibility index (Phi) is 3.85. The second-order valence-corrected chi connectivity index (χ2v) is 5.91. The monoisotopic (exact) mass is 274 g/mol. The molecule has 0 atom stereocenters. The third-order valence-corrected chi connectivity index (χ3v) is 4.32. The normalized spacial score (nSPS) is 20.4. The molecule has 20 heavy (non-hydrogen) atoms. The van der Waals surface area contributed by atoms with E-state index < -0.39 is 0 Å². The molecule has 0 aliphatic carbocycles. The third-order valence-electron chi connectivity index (χ3n) is 4.32. The molecular weight excluding hydrogens is 252 g/mol. The Balaban J connectivity index is 1.72. The Hall–Kier alpha value is -1.65. The van der Waals surface area contributed by atoms with Gasteiger partial charge in [0.05, 0.1) is 0 Å². The average molecular weight is 274 g/mol. The van der Waals surface area contributed by atoms with Crippen LogP contribution in [0.4, 0.5) is 5.95 Å². The largest absolute Gasteiger partial charge is 0.341 e. The summed E-state index contributed by atoms with van der Waals surface area (Å²) in [6.45, 7) is 5.95. The van der Waals surface area contributed by atoms with Gasteiger partial charge in [-0.3, -0.25) is 4.79 Å². The van der Waals surface area contributed by atoms with Gasteiger partial charge >= 0.3 is 0 Å². The molecule has 0 spiro atoms. The zero-order valence-corrected chi connectivity index (χ0v) is 12.1. The molecule has 5 nitrogen and oxygen atoms in total. The van der Waals surface area contributed by atoms with Gasteiger partial charge in [-0.15, -0.1) is 0 Å². The minimum absolute atomic E-state index is 0.0553. The molecule has 0 saturated carbocycles. The fourth-order valence-corrected chi connectivity index (χ4v) is 2.91. The maximum absolute atomic E-state index is 12.5. The molecule has 0 unspecified atom stereocenters. The zero-order chi connectivity index (χ0) is 13.9. The van der Waals surface area contributed by atoms with Gasteiger partial charge in [0, 0.05) is 32.4 Å².